The molecule has 0 radical (unpaired) electrons. The second-order valence-corrected chi connectivity index (χ2v) is 4.53. The molecule has 5 heteroatoms. The number of fused-ring (bicyclic) bond motifs is 1. The van der Waals surface area contributed by atoms with Gasteiger partial charge in [0, 0.05) is 0 Å². The van der Waals surface area contributed by atoms with Crippen LogP contribution in [0, 0.1) is 6.92 Å². The predicted octanol–water partition coefficient (Wildman–Crippen LogP) is 1.32. The molecule has 2 aromatic carbocycles. The van der Waals surface area contributed by atoms with Gasteiger partial charge in [0.05, 0.1) is 12.2 Å². The topological polar surface area (TPSA) is 86.6 Å². The van der Waals surface area contributed by atoms with Gasteiger partial charge < -0.3 is 15.5 Å². The normalized spacial score (nSPS) is 12.1. The number of nitrogens with one attached hydrogen (secondary N) is 1. The van der Waals surface area contributed by atoms with Crippen LogP contribution in [0.5, 0.6) is 0 Å². The van der Waals surface area contributed by atoms with Gasteiger partial charge in [-0.25, -0.2) is 4.79 Å². The lowest BCUT2D eigenvalue weighted by Gasteiger charge is -2.14. The van der Waals surface area contributed by atoms with Crippen LogP contribution >= 0.6 is 0 Å². The summed E-state index contributed by atoms with van der Waals surface area (Å²) in [5, 5.41) is 21.8. The van der Waals surface area contributed by atoms with Gasteiger partial charge in [0.2, 0.25) is 0 Å². The summed E-state index contributed by atoms with van der Waals surface area (Å²) < 4.78 is 0. The van der Waals surface area contributed by atoms with Gasteiger partial charge in [-0.1, -0.05) is 36.4 Å². The van der Waals surface area contributed by atoms with E-state index in [2.05, 4.69) is 5.32 Å². The molecular formula is C15H15NO4. The Labute approximate surface area is 115 Å². The molecule has 3 N–H and O–H groups in total. The number of carbonyl (C=O) groups excluding carboxylic acids is 1. The molecule has 0 aliphatic carbocycles. The zero-order chi connectivity index (χ0) is 14.7. The smallest absolute Gasteiger partial charge is 0.328 e. The summed E-state index contributed by atoms with van der Waals surface area (Å²) in [7, 11) is 0. The number of carboxylic acid groups (broad SMARTS) is 1. The lowest BCUT2D eigenvalue weighted by Crippen LogP contribution is -2.43. The van der Waals surface area contributed by atoms with E-state index in [-0.39, 0.29) is 0 Å². The first-order valence-corrected chi connectivity index (χ1v) is 6.17. The van der Waals surface area contributed by atoms with E-state index in [1.54, 1.807) is 6.92 Å². The number of rotatable bonds is 4. The lowest BCUT2D eigenvalue weighted by atomic mass is 9.99. The van der Waals surface area contributed by atoms with Crippen molar-refractivity contribution in [2.24, 2.45) is 0 Å². The van der Waals surface area contributed by atoms with Crippen LogP contribution in [0.25, 0.3) is 10.8 Å². The summed E-state index contributed by atoms with van der Waals surface area (Å²) in [6.07, 6.45) is 0. The third-order valence-corrected chi connectivity index (χ3v) is 3.15. The van der Waals surface area contributed by atoms with Gasteiger partial charge in [0.15, 0.2) is 6.04 Å². The van der Waals surface area contributed by atoms with Crippen molar-refractivity contribution in [1.82, 2.24) is 5.32 Å². The molecule has 0 aromatic heterocycles. The van der Waals surface area contributed by atoms with E-state index in [0.29, 0.717) is 5.56 Å². The number of aryl methyl sites for hydroxylation is 1. The predicted molar refractivity (Wildman–Crippen MR) is 74.7 cm³/mol. The molecule has 104 valence electrons. The van der Waals surface area contributed by atoms with Crippen molar-refractivity contribution in [1.29, 1.82) is 0 Å². The highest BCUT2D eigenvalue weighted by molar-refractivity contribution is 6.09. The summed E-state index contributed by atoms with van der Waals surface area (Å²) in [5.41, 5.74) is 1.19. The second-order valence-electron chi connectivity index (χ2n) is 4.53. The van der Waals surface area contributed by atoms with Gasteiger partial charge >= 0.3 is 5.97 Å². The average Bonchev–Trinajstić information content (AvgIpc) is 2.44. The molecule has 0 aliphatic rings. The van der Waals surface area contributed by atoms with Crippen molar-refractivity contribution in [3.8, 4) is 0 Å². The van der Waals surface area contributed by atoms with Crippen LogP contribution in [0.4, 0.5) is 0 Å². The summed E-state index contributed by atoms with van der Waals surface area (Å²) >= 11 is 0. The third kappa shape index (κ3) is 2.62. The first kappa shape index (κ1) is 14.0. The largest absolute Gasteiger partial charge is 0.480 e. The number of hydrogen-bond donors (Lipinski definition) is 3. The van der Waals surface area contributed by atoms with Crippen LogP contribution in [0.2, 0.25) is 0 Å². The monoisotopic (exact) mass is 273 g/mol. The number of carbonyl (C=O) groups is 2. The summed E-state index contributed by atoms with van der Waals surface area (Å²) in [5.74, 6) is -1.76. The van der Waals surface area contributed by atoms with E-state index in [4.69, 9.17) is 10.2 Å². The van der Waals surface area contributed by atoms with Crippen molar-refractivity contribution in [3.05, 3.63) is 47.5 Å². The number of aliphatic carboxylic acids is 1. The fraction of sp³-hybridized carbons (Fsp3) is 0.200. The zero-order valence-electron chi connectivity index (χ0n) is 11.0. The Morgan fingerprint density at radius 3 is 2.55 bits per heavy atom. The number of benzene rings is 2. The molecule has 0 saturated carbocycles. The maximum absolute atomic E-state index is 12.3. The SMILES string of the molecule is Cc1ccc2ccccc2c1C(=O)N[C@@H](CO)C(=O)O. The molecular weight excluding hydrogens is 258 g/mol. The first-order chi connectivity index (χ1) is 9.54. The van der Waals surface area contributed by atoms with Crippen LogP contribution < -0.4 is 5.32 Å². The molecule has 1 atom stereocenters. The molecule has 0 aliphatic heterocycles. The Morgan fingerprint density at radius 2 is 1.90 bits per heavy atom. The zero-order valence-corrected chi connectivity index (χ0v) is 11.0. The van der Waals surface area contributed by atoms with Gasteiger partial charge in [-0.3, -0.25) is 4.79 Å². The van der Waals surface area contributed by atoms with Crippen LogP contribution in [0.1, 0.15) is 15.9 Å². The van der Waals surface area contributed by atoms with Crippen molar-refractivity contribution in [2.75, 3.05) is 6.61 Å². The summed E-state index contributed by atoms with van der Waals surface area (Å²) in [6.45, 7) is 1.14. The summed E-state index contributed by atoms with van der Waals surface area (Å²) in [4.78, 5) is 23.1. The first-order valence-electron chi connectivity index (χ1n) is 6.17. The standard InChI is InChI=1S/C15H15NO4/c1-9-6-7-10-4-2-3-5-11(10)13(9)14(18)16-12(8-17)15(19)20/h2-7,12,17H,8H2,1H3,(H,16,18)(H,19,20)/t12-/m0/s1. The lowest BCUT2D eigenvalue weighted by molar-refractivity contribution is -0.140. The van der Waals surface area contributed by atoms with E-state index in [1.165, 1.54) is 0 Å². The number of carboxylic acids is 1. The highest BCUT2D eigenvalue weighted by Crippen LogP contribution is 2.22. The molecule has 2 aromatic rings. The molecule has 1 amide bonds. The van der Waals surface area contributed by atoms with E-state index in [0.717, 1.165) is 16.3 Å². The Morgan fingerprint density at radius 1 is 1.20 bits per heavy atom. The van der Waals surface area contributed by atoms with Gasteiger partial charge in [-0.2, -0.15) is 0 Å². The fourth-order valence-electron chi connectivity index (χ4n) is 2.10. The van der Waals surface area contributed by atoms with Crippen LogP contribution in [0.15, 0.2) is 36.4 Å². The number of hydrogen-bond acceptors (Lipinski definition) is 3. The van der Waals surface area contributed by atoms with Crippen LogP contribution in [-0.2, 0) is 4.79 Å². The van der Waals surface area contributed by atoms with Crippen LogP contribution in [-0.4, -0.2) is 34.7 Å². The van der Waals surface area contributed by atoms with Crippen molar-refractivity contribution in [2.45, 2.75) is 13.0 Å². The van der Waals surface area contributed by atoms with Crippen molar-refractivity contribution < 1.29 is 19.8 Å². The second kappa shape index (κ2) is 5.71. The molecule has 2 rings (SSSR count). The van der Waals surface area contributed by atoms with Crippen molar-refractivity contribution >= 4 is 22.6 Å². The minimum absolute atomic E-state index is 0.433. The highest BCUT2D eigenvalue weighted by atomic mass is 16.4. The van der Waals surface area contributed by atoms with Gasteiger partial charge in [-0.05, 0) is 23.3 Å². The molecule has 0 fully saturated rings. The van der Waals surface area contributed by atoms with Gasteiger partial charge in [0.25, 0.3) is 5.91 Å². The minimum atomic E-state index is -1.30. The van der Waals surface area contributed by atoms with Crippen LogP contribution in [0.3, 0.4) is 0 Å². The van der Waals surface area contributed by atoms with E-state index in [1.807, 2.05) is 36.4 Å². The Bertz CT molecular complexity index is 666. The van der Waals surface area contributed by atoms with Gasteiger partial charge in [-0.15, -0.1) is 0 Å². The highest BCUT2D eigenvalue weighted by Gasteiger charge is 2.21. The molecule has 0 spiro atoms. The Kier molecular flexibility index (Phi) is 4.00. The fourth-order valence-corrected chi connectivity index (χ4v) is 2.10. The summed E-state index contributed by atoms with van der Waals surface area (Å²) in [6, 6.07) is 9.79. The minimum Gasteiger partial charge on any atom is -0.480 e. The number of aliphatic hydroxyl groups is 1. The van der Waals surface area contributed by atoms with Gasteiger partial charge in [0.1, 0.15) is 0 Å². The maximum atomic E-state index is 12.3. The molecule has 0 unspecified atom stereocenters. The van der Waals surface area contributed by atoms with Crippen molar-refractivity contribution in [3.63, 3.8) is 0 Å². The Balaban J connectivity index is 2.44. The number of amides is 1. The van der Waals surface area contributed by atoms with E-state index in [9.17, 15) is 9.59 Å². The molecule has 20 heavy (non-hydrogen) atoms. The quantitative estimate of drug-likeness (QED) is 0.784. The van der Waals surface area contributed by atoms with E-state index < -0.39 is 24.5 Å². The molecule has 0 bridgehead atoms. The molecule has 0 heterocycles. The average molecular weight is 273 g/mol. The Hall–Kier alpha value is -2.40. The number of aliphatic hydroxyl groups excluding tert-OH is 1. The van der Waals surface area contributed by atoms with E-state index >= 15 is 0 Å². The maximum Gasteiger partial charge on any atom is 0.328 e. The molecule has 0 saturated heterocycles. The molecule has 5 nitrogen and oxygen atoms in total. The third-order valence-electron chi connectivity index (χ3n) is 3.15.